The molecule has 0 spiro atoms. The summed E-state index contributed by atoms with van der Waals surface area (Å²) in [4.78, 5) is 29.7. The third-order valence-electron chi connectivity index (χ3n) is 2.95. The minimum Gasteiger partial charge on any atom is -0.497 e. The van der Waals surface area contributed by atoms with E-state index >= 15 is 0 Å². The lowest BCUT2D eigenvalue weighted by molar-refractivity contribution is 0.0697. The summed E-state index contributed by atoms with van der Waals surface area (Å²) in [5, 5.41) is 13.1. The van der Waals surface area contributed by atoms with E-state index in [1.54, 1.807) is 18.2 Å². The molecule has 3 rings (SSSR count). The molecule has 3 aromatic rings. The van der Waals surface area contributed by atoms with E-state index in [9.17, 15) is 9.59 Å². The summed E-state index contributed by atoms with van der Waals surface area (Å²) in [6.07, 6.45) is 2.45. The van der Waals surface area contributed by atoms with E-state index in [2.05, 4.69) is 15.1 Å². The Balaban J connectivity index is 2.15. The van der Waals surface area contributed by atoms with Crippen LogP contribution in [0.3, 0.4) is 0 Å². The fourth-order valence-corrected chi connectivity index (χ4v) is 1.89. The van der Waals surface area contributed by atoms with Crippen molar-refractivity contribution < 1.29 is 14.6 Å². The lowest BCUT2D eigenvalue weighted by Gasteiger charge is -2.04. The molecule has 0 unspecified atom stereocenters. The molecule has 2 aromatic heterocycles. The summed E-state index contributed by atoms with van der Waals surface area (Å²) in [6.45, 7) is 0. The first-order valence-corrected chi connectivity index (χ1v) is 5.95. The van der Waals surface area contributed by atoms with Crippen molar-refractivity contribution in [3.8, 4) is 11.7 Å². The fraction of sp³-hybridized carbons (Fsp3) is 0.0769. The van der Waals surface area contributed by atoms with Crippen molar-refractivity contribution >= 4 is 16.9 Å². The van der Waals surface area contributed by atoms with Crippen molar-refractivity contribution in [3.05, 3.63) is 46.5 Å². The number of hydrogen-bond donors (Lipinski definition) is 2. The first kappa shape index (κ1) is 12.9. The Hall–Kier alpha value is -3.16. The van der Waals surface area contributed by atoms with Crippen molar-refractivity contribution in [2.75, 3.05) is 7.11 Å². The number of carboxylic acid groups (broad SMARTS) is 1. The standard InChI is InChI=1S/C13H10N4O4/c1-21-8-2-3-10-9(4-8)11(18)16-13(15-10)17-6-7(5-14-17)12(19)20/h2-6H,1H3,(H,19,20)(H,15,16,18). The molecule has 8 heteroatoms. The highest BCUT2D eigenvalue weighted by Crippen LogP contribution is 2.16. The van der Waals surface area contributed by atoms with Crippen LogP contribution in [0, 0.1) is 0 Å². The Morgan fingerprint density at radius 1 is 1.43 bits per heavy atom. The van der Waals surface area contributed by atoms with Crippen LogP contribution in [0.25, 0.3) is 16.9 Å². The van der Waals surface area contributed by atoms with Crippen LogP contribution in [0.4, 0.5) is 0 Å². The zero-order chi connectivity index (χ0) is 15.0. The quantitative estimate of drug-likeness (QED) is 0.737. The molecule has 0 atom stereocenters. The van der Waals surface area contributed by atoms with Crippen LogP contribution in [0.15, 0.2) is 35.4 Å². The number of H-pyrrole nitrogens is 1. The van der Waals surface area contributed by atoms with Crippen LogP contribution in [0.5, 0.6) is 5.75 Å². The Morgan fingerprint density at radius 3 is 2.90 bits per heavy atom. The van der Waals surface area contributed by atoms with E-state index < -0.39 is 5.97 Å². The molecule has 2 N–H and O–H groups in total. The maximum absolute atomic E-state index is 12.1. The number of fused-ring (bicyclic) bond motifs is 1. The summed E-state index contributed by atoms with van der Waals surface area (Å²) in [5.74, 6) is -0.408. The van der Waals surface area contributed by atoms with Crippen LogP contribution in [0.2, 0.25) is 0 Å². The molecular formula is C13H10N4O4. The van der Waals surface area contributed by atoms with Crippen molar-refractivity contribution in [2.45, 2.75) is 0 Å². The number of carbonyl (C=O) groups is 1. The molecule has 8 nitrogen and oxygen atoms in total. The van der Waals surface area contributed by atoms with Gasteiger partial charge in [-0.3, -0.25) is 9.78 Å². The van der Waals surface area contributed by atoms with E-state index in [-0.39, 0.29) is 17.1 Å². The smallest absolute Gasteiger partial charge is 0.338 e. The maximum Gasteiger partial charge on any atom is 0.338 e. The van der Waals surface area contributed by atoms with Crippen LogP contribution in [0.1, 0.15) is 10.4 Å². The SMILES string of the molecule is COc1ccc2nc(-n3cc(C(=O)O)cn3)[nH]c(=O)c2c1. The fourth-order valence-electron chi connectivity index (χ4n) is 1.89. The number of nitrogens with zero attached hydrogens (tertiary/aromatic N) is 3. The molecule has 0 fully saturated rings. The highest BCUT2D eigenvalue weighted by atomic mass is 16.5. The van der Waals surface area contributed by atoms with Crippen LogP contribution in [-0.4, -0.2) is 37.9 Å². The normalized spacial score (nSPS) is 10.7. The minimum absolute atomic E-state index is 0.00692. The topological polar surface area (TPSA) is 110 Å². The van der Waals surface area contributed by atoms with Gasteiger partial charge in [-0.25, -0.2) is 14.5 Å². The molecular weight excluding hydrogens is 276 g/mol. The number of carboxylic acids is 1. The van der Waals surface area contributed by atoms with Gasteiger partial charge in [-0.1, -0.05) is 0 Å². The second kappa shape index (κ2) is 4.75. The van der Waals surface area contributed by atoms with Crippen LogP contribution >= 0.6 is 0 Å². The van der Waals surface area contributed by atoms with Gasteiger partial charge in [0.2, 0.25) is 5.95 Å². The maximum atomic E-state index is 12.1. The summed E-state index contributed by atoms with van der Waals surface area (Å²) >= 11 is 0. The highest BCUT2D eigenvalue weighted by Gasteiger charge is 2.10. The average molecular weight is 286 g/mol. The van der Waals surface area contributed by atoms with Gasteiger partial charge in [-0.15, -0.1) is 0 Å². The monoisotopic (exact) mass is 286 g/mol. The van der Waals surface area contributed by atoms with Gasteiger partial charge in [0.25, 0.3) is 5.56 Å². The first-order valence-electron chi connectivity index (χ1n) is 5.95. The molecule has 0 radical (unpaired) electrons. The number of methoxy groups -OCH3 is 1. The molecule has 0 saturated heterocycles. The van der Waals surface area contributed by atoms with Gasteiger partial charge in [0.15, 0.2) is 0 Å². The second-order valence-electron chi connectivity index (χ2n) is 4.25. The van der Waals surface area contributed by atoms with E-state index in [1.165, 1.54) is 24.2 Å². The molecule has 106 valence electrons. The van der Waals surface area contributed by atoms with Gasteiger partial charge in [0.05, 0.1) is 29.8 Å². The van der Waals surface area contributed by atoms with E-state index in [1.807, 2.05) is 0 Å². The molecule has 21 heavy (non-hydrogen) atoms. The number of nitrogens with one attached hydrogen (secondary N) is 1. The second-order valence-corrected chi connectivity index (χ2v) is 4.25. The third-order valence-corrected chi connectivity index (χ3v) is 2.95. The van der Waals surface area contributed by atoms with Crippen LogP contribution in [-0.2, 0) is 0 Å². The minimum atomic E-state index is -1.10. The van der Waals surface area contributed by atoms with Gasteiger partial charge < -0.3 is 9.84 Å². The number of ether oxygens (including phenoxy) is 1. The highest BCUT2D eigenvalue weighted by molar-refractivity contribution is 5.87. The summed E-state index contributed by atoms with van der Waals surface area (Å²) in [7, 11) is 1.51. The first-order chi connectivity index (χ1) is 10.1. The Bertz CT molecular complexity index is 897. The Morgan fingerprint density at radius 2 is 2.24 bits per heavy atom. The van der Waals surface area contributed by atoms with Crippen molar-refractivity contribution in [1.82, 2.24) is 19.7 Å². The number of hydrogen-bond acceptors (Lipinski definition) is 5. The van der Waals surface area contributed by atoms with E-state index in [0.717, 1.165) is 0 Å². The number of benzene rings is 1. The molecule has 0 bridgehead atoms. The summed E-state index contributed by atoms with van der Waals surface area (Å²) in [6, 6.07) is 4.91. The van der Waals surface area contributed by atoms with Gasteiger partial charge >= 0.3 is 5.97 Å². The van der Waals surface area contributed by atoms with Gasteiger partial charge in [0.1, 0.15) is 5.75 Å². The van der Waals surface area contributed by atoms with Gasteiger partial charge in [-0.2, -0.15) is 5.10 Å². The van der Waals surface area contributed by atoms with Gasteiger partial charge in [0, 0.05) is 6.20 Å². The molecule has 0 aliphatic rings. The zero-order valence-corrected chi connectivity index (χ0v) is 10.9. The predicted molar refractivity (Wildman–Crippen MR) is 73.0 cm³/mol. The number of aromatic carboxylic acids is 1. The van der Waals surface area contributed by atoms with Crippen molar-refractivity contribution in [2.24, 2.45) is 0 Å². The lowest BCUT2D eigenvalue weighted by atomic mass is 10.2. The molecule has 0 amide bonds. The summed E-state index contributed by atoms with van der Waals surface area (Å²) < 4.78 is 6.26. The molecule has 2 heterocycles. The van der Waals surface area contributed by atoms with Gasteiger partial charge in [-0.05, 0) is 18.2 Å². The zero-order valence-electron chi connectivity index (χ0n) is 10.9. The summed E-state index contributed by atoms with van der Waals surface area (Å²) in [5.41, 5.74) is 0.107. The molecule has 0 aliphatic carbocycles. The van der Waals surface area contributed by atoms with Crippen molar-refractivity contribution in [3.63, 3.8) is 0 Å². The lowest BCUT2D eigenvalue weighted by Crippen LogP contribution is -2.14. The number of aromatic amines is 1. The Kier molecular flexibility index (Phi) is 2.90. The largest absolute Gasteiger partial charge is 0.497 e. The van der Waals surface area contributed by atoms with Crippen LogP contribution < -0.4 is 10.3 Å². The molecule has 0 saturated carbocycles. The Labute approximate surface area is 117 Å². The predicted octanol–water partition coefficient (Wildman–Crippen LogP) is 0.816. The molecule has 0 aliphatic heterocycles. The molecule has 1 aromatic carbocycles. The van der Waals surface area contributed by atoms with E-state index in [0.29, 0.717) is 16.7 Å². The third kappa shape index (κ3) is 2.22. The number of rotatable bonds is 3. The number of aromatic nitrogens is 4. The van der Waals surface area contributed by atoms with Crippen molar-refractivity contribution in [1.29, 1.82) is 0 Å². The average Bonchev–Trinajstić information content (AvgIpc) is 2.97. The van der Waals surface area contributed by atoms with E-state index in [4.69, 9.17) is 9.84 Å².